The standard InChI is InChI=1S/C9H17NO/c1-6(11)8-4-7(5-10)9(8,2)3/h7-8H,4-5,10H2,1-3H3/t7-,8+/m1/s1. The van der Waals surface area contributed by atoms with Gasteiger partial charge in [0.2, 0.25) is 0 Å². The van der Waals surface area contributed by atoms with Crippen LogP contribution in [0.25, 0.3) is 0 Å². The van der Waals surface area contributed by atoms with E-state index in [1.54, 1.807) is 6.92 Å². The van der Waals surface area contributed by atoms with Gasteiger partial charge in [0, 0.05) is 5.92 Å². The van der Waals surface area contributed by atoms with Gasteiger partial charge in [-0.3, -0.25) is 4.79 Å². The van der Waals surface area contributed by atoms with E-state index in [0.29, 0.717) is 11.7 Å². The number of Topliss-reactive ketones (excluding diaryl/α,β-unsaturated/α-hetero) is 1. The number of carbonyl (C=O) groups is 1. The van der Waals surface area contributed by atoms with Crippen LogP contribution in [0.5, 0.6) is 0 Å². The van der Waals surface area contributed by atoms with Crippen LogP contribution in [0.2, 0.25) is 0 Å². The molecule has 0 heterocycles. The maximum atomic E-state index is 11.1. The van der Waals surface area contributed by atoms with Gasteiger partial charge in [-0.2, -0.15) is 0 Å². The zero-order valence-electron chi connectivity index (χ0n) is 7.55. The number of hydrogen-bond acceptors (Lipinski definition) is 2. The second-order valence-electron chi connectivity index (χ2n) is 4.15. The van der Waals surface area contributed by atoms with Crippen molar-refractivity contribution in [2.45, 2.75) is 27.2 Å². The highest BCUT2D eigenvalue weighted by Gasteiger charge is 2.49. The Labute approximate surface area is 68.2 Å². The first-order chi connectivity index (χ1) is 5.00. The SMILES string of the molecule is CC(=O)[C@@H]1C[C@H](CN)C1(C)C. The van der Waals surface area contributed by atoms with Gasteiger partial charge in [0.1, 0.15) is 5.78 Å². The van der Waals surface area contributed by atoms with Gasteiger partial charge in [-0.25, -0.2) is 0 Å². The van der Waals surface area contributed by atoms with Crippen LogP contribution in [0.4, 0.5) is 0 Å². The van der Waals surface area contributed by atoms with Crippen LogP contribution in [-0.2, 0) is 4.79 Å². The molecule has 2 heteroatoms. The van der Waals surface area contributed by atoms with E-state index in [1.807, 2.05) is 0 Å². The molecule has 0 bridgehead atoms. The number of hydrogen-bond donors (Lipinski definition) is 1. The summed E-state index contributed by atoms with van der Waals surface area (Å²) >= 11 is 0. The molecule has 0 aliphatic heterocycles. The van der Waals surface area contributed by atoms with Crippen LogP contribution in [-0.4, -0.2) is 12.3 Å². The summed E-state index contributed by atoms with van der Waals surface area (Å²) in [7, 11) is 0. The van der Waals surface area contributed by atoms with Crippen LogP contribution in [0.1, 0.15) is 27.2 Å². The summed E-state index contributed by atoms with van der Waals surface area (Å²) in [5.74, 6) is 1.13. The highest BCUT2D eigenvalue weighted by atomic mass is 16.1. The molecule has 0 unspecified atom stereocenters. The van der Waals surface area contributed by atoms with Crippen molar-refractivity contribution in [2.24, 2.45) is 23.0 Å². The van der Waals surface area contributed by atoms with Crippen molar-refractivity contribution in [1.82, 2.24) is 0 Å². The lowest BCUT2D eigenvalue weighted by molar-refractivity contribution is -0.135. The van der Waals surface area contributed by atoms with Gasteiger partial charge in [0.15, 0.2) is 0 Å². The average molecular weight is 155 g/mol. The molecule has 1 aliphatic rings. The minimum atomic E-state index is 0.153. The lowest BCUT2D eigenvalue weighted by Gasteiger charge is -2.50. The van der Waals surface area contributed by atoms with Gasteiger partial charge < -0.3 is 5.73 Å². The quantitative estimate of drug-likeness (QED) is 0.651. The second kappa shape index (κ2) is 2.59. The Bertz CT molecular complexity index is 174. The summed E-state index contributed by atoms with van der Waals surface area (Å²) < 4.78 is 0. The zero-order chi connectivity index (χ0) is 8.65. The lowest BCUT2D eigenvalue weighted by Crippen LogP contribution is -2.51. The van der Waals surface area contributed by atoms with E-state index in [1.165, 1.54) is 0 Å². The summed E-state index contributed by atoms with van der Waals surface area (Å²) in [4.78, 5) is 11.1. The fourth-order valence-electron chi connectivity index (χ4n) is 2.11. The highest BCUT2D eigenvalue weighted by molar-refractivity contribution is 5.80. The molecule has 1 aliphatic carbocycles. The Morgan fingerprint density at radius 2 is 2.18 bits per heavy atom. The van der Waals surface area contributed by atoms with E-state index < -0.39 is 0 Å². The maximum absolute atomic E-state index is 11.1. The molecule has 0 spiro atoms. The third kappa shape index (κ3) is 1.20. The Kier molecular flexibility index (Phi) is 2.06. The predicted octanol–water partition coefficient (Wildman–Crippen LogP) is 1.20. The normalized spacial score (nSPS) is 34.5. The highest BCUT2D eigenvalue weighted by Crippen LogP contribution is 2.50. The van der Waals surface area contributed by atoms with Gasteiger partial charge in [-0.05, 0) is 31.2 Å². The van der Waals surface area contributed by atoms with Gasteiger partial charge in [-0.15, -0.1) is 0 Å². The van der Waals surface area contributed by atoms with Crippen LogP contribution < -0.4 is 5.73 Å². The first-order valence-corrected chi connectivity index (χ1v) is 4.20. The summed E-state index contributed by atoms with van der Waals surface area (Å²) in [5.41, 5.74) is 5.71. The van der Waals surface area contributed by atoms with Gasteiger partial charge in [-0.1, -0.05) is 13.8 Å². The topological polar surface area (TPSA) is 43.1 Å². The van der Waals surface area contributed by atoms with Crippen LogP contribution in [0, 0.1) is 17.3 Å². The molecular weight excluding hydrogens is 138 g/mol. The molecule has 0 aromatic carbocycles. The number of rotatable bonds is 2. The third-order valence-corrected chi connectivity index (χ3v) is 3.25. The number of carbonyl (C=O) groups excluding carboxylic acids is 1. The van der Waals surface area contributed by atoms with Crippen molar-refractivity contribution in [2.75, 3.05) is 6.54 Å². The van der Waals surface area contributed by atoms with E-state index >= 15 is 0 Å². The van der Waals surface area contributed by atoms with Crippen molar-refractivity contribution in [3.05, 3.63) is 0 Å². The first kappa shape index (κ1) is 8.72. The molecule has 2 N–H and O–H groups in total. The molecule has 1 fully saturated rings. The molecule has 0 saturated heterocycles. The van der Waals surface area contributed by atoms with E-state index in [0.717, 1.165) is 13.0 Å². The summed E-state index contributed by atoms with van der Waals surface area (Å²) in [6.07, 6.45) is 0.999. The molecule has 2 atom stereocenters. The minimum absolute atomic E-state index is 0.153. The molecule has 11 heavy (non-hydrogen) atoms. The molecule has 0 aromatic heterocycles. The Morgan fingerprint density at radius 1 is 1.64 bits per heavy atom. The van der Waals surface area contributed by atoms with Crippen molar-refractivity contribution in [3.8, 4) is 0 Å². The lowest BCUT2D eigenvalue weighted by atomic mass is 9.54. The fraction of sp³-hybridized carbons (Fsp3) is 0.889. The Hall–Kier alpha value is -0.370. The summed E-state index contributed by atoms with van der Waals surface area (Å²) in [6, 6.07) is 0. The smallest absolute Gasteiger partial charge is 0.133 e. The first-order valence-electron chi connectivity index (χ1n) is 4.20. The minimum Gasteiger partial charge on any atom is -0.330 e. The summed E-state index contributed by atoms with van der Waals surface area (Å²) in [5, 5.41) is 0. The van der Waals surface area contributed by atoms with Crippen LogP contribution in [0.3, 0.4) is 0 Å². The molecular formula is C9H17NO. The van der Waals surface area contributed by atoms with Gasteiger partial charge >= 0.3 is 0 Å². The second-order valence-corrected chi connectivity index (χ2v) is 4.15. The molecule has 64 valence electrons. The third-order valence-electron chi connectivity index (χ3n) is 3.25. The Morgan fingerprint density at radius 3 is 2.45 bits per heavy atom. The monoisotopic (exact) mass is 155 g/mol. The van der Waals surface area contributed by atoms with E-state index in [2.05, 4.69) is 13.8 Å². The van der Waals surface area contributed by atoms with Crippen molar-refractivity contribution in [3.63, 3.8) is 0 Å². The largest absolute Gasteiger partial charge is 0.330 e. The molecule has 0 amide bonds. The van der Waals surface area contributed by atoms with Crippen LogP contribution >= 0.6 is 0 Å². The molecule has 0 aromatic rings. The van der Waals surface area contributed by atoms with E-state index in [9.17, 15) is 4.79 Å². The van der Waals surface area contributed by atoms with E-state index in [4.69, 9.17) is 5.73 Å². The summed E-state index contributed by atoms with van der Waals surface area (Å²) in [6.45, 7) is 6.68. The van der Waals surface area contributed by atoms with Gasteiger partial charge in [0.05, 0.1) is 0 Å². The molecule has 2 nitrogen and oxygen atoms in total. The number of ketones is 1. The predicted molar refractivity (Wildman–Crippen MR) is 45.1 cm³/mol. The van der Waals surface area contributed by atoms with E-state index in [-0.39, 0.29) is 11.3 Å². The number of nitrogens with two attached hydrogens (primary N) is 1. The molecule has 1 rings (SSSR count). The zero-order valence-corrected chi connectivity index (χ0v) is 7.55. The fourth-order valence-corrected chi connectivity index (χ4v) is 2.11. The average Bonchev–Trinajstić information content (AvgIpc) is 1.85. The molecule has 1 saturated carbocycles. The van der Waals surface area contributed by atoms with Gasteiger partial charge in [0.25, 0.3) is 0 Å². The van der Waals surface area contributed by atoms with Crippen molar-refractivity contribution < 1.29 is 4.79 Å². The van der Waals surface area contributed by atoms with Crippen molar-refractivity contribution in [1.29, 1.82) is 0 Å². The maximum Gasteiger partial charge on any atom is 0.133 e. The van der Waals surface area contributed by atoms with Crippen molar-refractivity contribution >= 4 is 5.78 Å². The molecule has 0 radical (unpaired) electrons. The Balaban J connectivity index is 2.61. The van der Waals surface area contributed by atoms with Crippen LogP contribution in [0.15, 0.2) is 0 Å².